The van der Waals surface area contributed by atoms with Crippen LogP contribution in [0.25, 0.3) is 0 Å². The number of nitrogens with one attached hydrogen (secondary N) is 2. The largest absolute Gasteiger partial charge is 0.418 e. The highest BCUT2D eigenvalue weighted by atomic mass is 19.4. The van der Waals surface area contributed by atoms with Crippen LogP contribution < -0.4 is 10.6 Å². The fourth-order valence-corrected chi connectivity index (χ4v) is 1.72. The average Bonchev–Trinajstić information content (AvgIpc) is 2.42. The van der Waals surface area contributed by atoms with Gasteiger partial charge in [-0.3, -0.25) is 0 Å². The molecule has 0 aliphatic heterocycles. The molecule has 0 atom stereocenters. The minimum atomic E-state index is -4.67. The van der Waals surface area contributed by atoms with E-state index in [0.717, 1.165) is 36.4 Å². The topological polar surface area (TPSA) is 41.1 Å². The molecule has 0 bridgehead atoms. The molecule has 2 rings (SSSR count). The van der Waals surface area contributed by atoms with Gasteiger partial charge in [0.05, 0.1) is 11.3 Å². The van der Waals surface area contributed by atoms with E-state index < -0.39 is 40.8 Å². The van der Waals surface area contributed by atoms with E-state index >= 15 is 0 Å². The molecule has 0 saturated heterocycles. The lowest BCUT2D eigenvalue weighted by atomic mass is 10.1. The van der Waals surface area contributed by atoms with Gasteiger partial charge in [0.15, 0.2) is 0 Å². The third kappa shape index (κ3) is 3.51. The van der Waals surface area contributed by atoms with E-state index in [2.05, 4.69) is 0 Å². The zero-order valence-electron chi connectivity index (χ0n) is 10.8. The Morgan fingerprint density at radius 2 is 1.45 bits per heavy atom. The molecule has 0 spiro atoms. The summed E-state index contributed by atoms with van der Waals surface area (Å²) in [7, 11) is 0. The minimum absolute atomic E-state index is 0.524. The van der Waals surface area contributed by atoms with Crippen molar-refractivity contribution in [2.24, 2.45) is 0 Å². The maximum absolute atomic E-state index is 13.4. The third-order valence-corrected chi connectivity index (χ3v) is 2.68. The van der Waals surface area contributed by atoms with Gasteiger partial charge in [0.2, 0.25) is 0 Å². The van der Waals surface area contributed by atoms with E-state index in [4.69, 9.17) is 0 Å². The van der Waals surface area contributed by atoms with Crippen molar-refractivity contribution in [2.75, 3.05) is 10.6 Å². The molecule has 0 fully saturated rings. The lowest BCUT2D eigenvalue weighted by Crippen LogP contribution is -2.23. The molecule has 0 unspecified atom stereocenters. The molecule has 0 aromatic heterocycles. The van der Waals surface area contributed by atoms with Crippen LogP contribution in [0.5, 0.6) is 0 Å². The molecule has 3 nitrogen and oxygen atoms in total. The van der Waals surface area contributed by atoms with Crippen LogP contribution in [0.1, 0.15) is 5.56 Å². The van der Waals surface area contributed by atoms with Gasteiger partial charge in [-0.1, -0.05) is 18.2 Å². The second kappa shape index (κ2) is 6.00. The lowest BCUT2D eigenvalue weighted by molar-refractivity contribution is -0.136. The summed E-state index contributed by atoms with van der Waals surface area (Å²) in [6, 6.07) is 5.95. The van der Waals surface area contributed by atoms with Crippen molar-refractivity contribution in [2.45, 2.75) is 6.18 Å². The number of rotatable bonds is 2. The number of hydrogen-bond acceptors (Lipinski definition) is 1. The molecule has 0 heterocycles. The van der Waals surface area contributed by atoms with E-state index in [0.29, 0.717) is 0 Å². The van der Waals surface area contributed by atoms with Gasteiger partial charge in [-0.05, 0) is 24.3 Å². The van der Waals surface area contributed by atoms with Gasteiger partial charge in [-0.25, -0.2) is 13.6 Å². The first-order valence-electron chi connectivity index (χ1n) is 5.97. The van der Waals surface area contributed by atoms with Crippen LogP contribution in [0.3, 0.4) is 0 Å². The zero-order valence-corrected chi connectivity index (χ0v) is 10.8. The maximum Gasteiger partial charge on any atom is 0.418 e. The molecule has 2 N–H and O–H groups in total. The van der Waals surface area contributed by atoms with E-state index in [1.54, 1.807) is 0 Å². The van der Waals surface area contributed by atoms with Gasteiger partial charge in [0.25, 0.3) is 0 Å². The third-order valence-electron chi connectivity index (χ3n) is 2.68. The maximum atomic E-state index is 13.4. The summed E-state index contributed by atoms with van der Waals surface area (Å²) >= 11 is 0. The van der Waals surface area contributed by atoms with Crippen LogP contribution in [0.4, 0.5) is 38.1 Å². The molecular formula is C14H9F5N2O. The highest BCUT2D eigenvalue weighted by Crippen LogP contribution is 2.34. The van der Waals surface area contributed by atoms with Crippen molar-refractivity contribution in [3.63, 3.8) is 0 Å². The molecule has 2 aromatic rings. The van der Waals surface area contributed by atoms with E-state index in [9.17, 15) is 26.7 Å². The van der Waals surface area contributed by atoms with Crippen molar-refractivity contribution >= 4 is 17.4 Å². The first kappa shape index (κ1) is 15.7. The van der Waals surface area contributed by atoms with Crippen LogP contribution >= 0.6 is 0 Å². The monoisotopic (exact) mass is 316 g/mol. The van der Waals surface area contributed by atoms with E-state index in [1.165, 1.54) is 6.07 Å². The normalized spacial score (nSPS) is 11.1. The van der Waals surface area contributed by atoms with Gasteiger partial charge in [-0.2, -0.15) is 13.2 Å². The standard InChI is InChI=1S/C14H9F5N2O/c15-9-5-3-6-10(16)12(9)21-13(22)20-11-7-2-1-4-8(11)14(17,18)19/h1-7H,(H2,20,21,22). The predicted octanol–water partition coefficient (Wildman–Crippen LogP) is 4.63. The molecule has 2 aromatic carbocycles. The van der Waals surface area contributed by atoms with Gasteiger partial charge in [0, 0.05) is 0 Å². The van der Waals surface area contributed by atoms with Crippen molar-refractivity contribution in [1.29, 1.82) is 0 Å². The second-order valence-electron chi connectivity index (χ2n) is 4.22. The highest BCUT2D eigenvalue weighted by molar-refractivity contribution is 6.00. The number of alkyl halides is 3. The molecule has 0 aliphatic carbocycles. The number of carbonyl (C=O) groups excluding carboxylic acids is 1. The summed E-state index contributed by atoms with van der Waals surface area (Å²) in [6.07, 6.45) is -4.67. The molecule has 22 heavy (non-hydrogen) atoms. The van der Waals surface area contributed by atoms with Crippen molar-refractivity contribution < 1.29 is 26.7 Å². The Morgan fingerprint density at radius 1 is 0.864 bits per heavy atom. The fourth-order valence-electron chi connectivity index (χ4n) is 1.72. The van der Waals surface area contributed by atoms with Crippen molar-refractivity contribution in [1.82, 2.24) is 0 Å². The molecule has 116 valence electrons. The molecule has 8 heteroatoms. The number of amides is 2. The van der Waals surface area contributed by atoms with Gasteiger partial charge >= 0.3 is 12.2 Å². The number of para-hydroxylation sites is 2. The Balaban J connectivity index is 2.20. The van der Waals surface area contributed by atoms with E-state index in [-0.39, 0.29) is 0 Å². The summed E-state index contributed by atoms with van der Waals surface area (Å²) in [6.45, 7) is 0. The Labute approximate surface area is 121 Å². The van der Waals surface area contributed by atoms with Crippen LogP contribution in [-0.4, -0.2) is 6.03 Å². The number of hydrogen-bond donors (Lipinski definition) is 2. The molecule has 2 amide bonds. The van der Waals surface area contributed by atoms with Crippen molar-refractivity contribution in [3.8, 4) is 0 Å². The van der Waals surface area contributed by atoms with Gasteiger partial charge in [0.1, 0.15) is 17.3 Å². The Bertz CT molecular complexity index is 680. The summed E-state index contributed by atoms with van der Waals surface area (Å²) in [5.74, 6) is -2.08. The van der Waals surface area contributed by atoms with Gasteiger partial charge < -0.3 is 10.6 Å². The predicted molar refractivity (Wildman–Crippen MR) is 70.4 cm³/mol. The number of halogens is 5. The fraction of sp³-hybridized carbons (Fsp3) is 0.0714. The smallest absolute Gasteiger partial charge is 0.307 e. The number of carbonyl (C=O) groups is 1. The zero-order chi connectivity index (χ0) is 16.3. The Hall–Kier alpha value is -2.64. The molecular weight excluding hydrogens is 307 g/mol. The van der Waals surface area contributed by atoms with Gasteiger partial charge in [-0.15, -0.1) is 0 Å². The van der Waals surface area contributed by atoms with Crippen LogP contribution in [0, 0.1) is 11.6 Å². The summed E-state index contributed by atoms with van der Waals surface area (Å²) in [4.78, 5) is 11.6. The minimum Gasteiger partial charge on any atom is -0.307 e. The van der Waals surface area contributed by atoms with Crippen LogP contribution in [0.2, 0.25) is 0 Å². The van der Waals surface area contributed by atoms with E-state index in [1.807, 2.05) is 10.6 Å². The molecule has 0 radical (unpaired) electrons. The SMILES string of the molecule is O=C(Nc1ccccc1C(F)(F)F)Nc1c(F)cccc1F. The summed E-state index contributed by atoms with van der Waals surface area (Å²) < 4.78 is 65.0. The number of benzene rings is 2. The first-order valence-corrected chi connectivity index (χ1v) is 5.97. The Kier molecular flexibility index (Phi) is 4.30. The highest BCUT2D eigenvalue weighted by Gasteiger charge is 2.33. The van der Waals surface area contributed by atoms with Crippen LogP contribution in [0.15, 0.2) is 42.5 Å². The molecule has 0 saturated carbocycles. The first-order chi connectivity index (χ1) is 10.3. The molecule has 0 aliphatic rings. The lowest BCUT2D eigenvalue weighted by Gasteiger charge is -2.14. The summed E-state index contributed by atoms with van der Waals surface area (Å²) in [5, 5.41) is 3.75. The number of urea groups is 1. The van der Waals surface area contributed by atoms with Crippen molar-refractivity contribution in [3.05, 3.63) is 59.7 Å². The average molecular weight is 316 g/mol. The quantitative estimate of drug-likeness (QED) is 0.779. The second-order valence-corrected chi connectivity index (χ2v) is 4.22. The number of anilines is 2. The summed E-state index contributed by atoms with van der Waals surface area (Å²) in [5.41, 5.74) is -2.34. The Morgan fingerprint density at radius 3 is 2.05 bits per heavy atom. The van der Waals surface area contributed by atoms with Crippen LogP contribution in [-0.2, 0) is 6.18 Å².